The number of para-hydroxylation sites is 3. The van der Waals surface area contributed by atoms with E-state index in [2.05, 4.69) is 26.6 Å². The number of carbonyl (C=O) groups excluding carboxylic acids is 2. The lowest BCUT2D eigenvalue weighted by atomic mass is 9.73. The van der Waals surface area contributed by atoms with Gasteiger partial charge in [0, 0.05) is 26.1 Å². The van der Waals surface area contributed by atoms with E-state index in [1.165, 1.54) is 5.56 Å². The van der Waals surface area contributed by atoms with Crippen molar-refractivity contribution in [3.05, 3.63) is 59.9 Å². The zero-order chi connectivity index (χ0) is 31.0. The number of benzene rings is 2. The van der Waals surface area contributed by atoms with Gasteiger partial charge in [0.1, 0.15) is 12.4 Å². The van der Waals surface area contributed by atoms with E-state index in [4.69, 9.17) is 4.74 Å². The first-order valence-electron chi connectivity index (χ1n) is 15.8. The van der Waals surface area contributed by atoms with Crippen LogP contribution in [0.5, 0.6) is 5.75 Å². The van der Waals surface area contributed by atoms with Crippen molar-refractivity contribution in [3.8, 4) is 5.75 Å². The zero-order valence-electron chi connectivity index (χ0n) is 25.1. The predicted molar refractivity (Wildman–Crippen MR) is 162 cm³/mol. The van der Waals surface area contributed by atoms with Crippen LogP contribution in [0.15, 0.2) is 48.5 Å². The van der Waals surface area contributed by atoms with Gasteiger partial charge in [-0.05, 0) is 75.4 Å². The van der Waals surface area contributed by atoms with Crippen molar-refractivity contribution in [2.75, 3.05) is 39.3 Å². The maximum atomic E-state index is 13.5. The van der Waals surface area contributed by atoms with E-state index in [0.29, 0.717) is 31.8 Å². The average molecular weight is 614 g/mol. The Morgan fingerprint density at radius 1 is 1.00 bits per heavy atom. The van der Waals surface area contributed by atoms with E-state index < -0.39 is 12.0 Å². The molecular formula is C33H42F3N5O3. The molecule has 0 bridgehead atoms. The number of ether oxygens (including phenoxy) is 1. The number of hydrogen-bond acceptors (Lipinski definition) is 5. The van der Waals surface area contributed by atoms with Crippen molar-refractivity contribution in [2.24, 2.45) is 5.41 Å². The summed E-state index contributed by atoms with van der Waals surface area (Å²) in [6.45, 7) is 3.64. The van der Waals surface area contributed by atoms with Crippen molar-refractivity contribution >= 4 is 22.8 Å². The standard InChI is InChI=1S/C33H42F3N5O3/c34-33(35,36)30-39-26-11-4-5-12-27(26)41(30)20-8-14-29(42)37-18-23-40-21-16-32(17-22-40)15-7-1-2-9-25-10-3-6-13-28(25)44-24-19-38-31(32)43/h3-6,10-13H,1-2,7-9,14-24H2,(H,37,42)(H,38,43). The molecule has 8 nitrogen and oxygen atoms in total. The first-order chi connectivity index (χ1) is 21.2. The van der Waals surface area contributed by atoms with Crippen LogP contribution in [-0.4, -0.2) is 65.6 Å². The van der Waals surface area contributed by atoms with Gasteiger partial charge in [-0.25, -0.2) is 4.98 Å². The van der Waals surface area contributed by atoms with Crippen LogP contribution in [0.1, 0.15) is 62.8 Å². The predicted octanol–water partition coefficient (Wildman–Crippen LogP) is 5.35. The van der Waals surface area contributed by atoms with Gasteiger partial charge in [0.2, 0.25) is 17.6 Å². The van der Waals surface area contributed by atoms with Crippen LogP contribution in [0.25, 0.3) is 11.0 Å². The van der Waals surface area contributed by atoms with E-state index in [1.54, 1.807) is 24.3 Å². The Kier molecular flexibility index (Phi) is 10.5. The number of aromatic nitrogens is 2. The quantitative estimate of drug-likeness (QED) is 0.376. The van der Waals surface area contributed by atoms with Gasteiger partial charge in [-0.15, -0.1) is 0 Å². The molecule has 3 heterocycles. The minimum atomic E-state index is -4.57. The average Bonchev–Trinajstić information content (AvgIpc) is 3.40. The molecule has 0 atom stereocenters. The maximum Gasteiger partial charge on any atom is 0.449 e. The second-order valence-corrected chi connectivity index (χ2v) is 11.9. The molecule has 3 aromatic rings. The summed E-state index contributed by atoms with van der Waals surface area (Å²) in [5.74, 6) is -0.110. The monoisotopic (exact) mass is 613 g/mol. The van der Waals surface area contributed by atoms with Gasteiger partial charge >= 0.3 is 6.18 Å². The second-order valence-electron chi connectivity index (χ2n) is 11.9. The summed E-state index contributed by atoms with van der Waals surface area (Å²) in [6, 6.07) is 14.6. The van der Waals surface area contributed by atoms with Gasteiger partial charge in [0.15, 0.2) is 0 Å². The van der Waals surface area contributed by atoms with Gasteiger partial charge in [0.25, 0.3) is 0 Å². The number of nitrogens with one attached hydrogen (secondary N) is 2. The van der Waals surface area contributed by atoms with Crippen molar-refractivity contribution in [2.45, 2.75) is 70.5 Å². The highest BCUT2D eigenvalue weighted by molar-refractivity contribution is 5.82. The van der Waals surface area contributed by atoms with Crippen LogP contribution in [0.4, 0.5) is 13.2 Å². The number of piperidine rings is 1. The number of fused-ring (bicyclic) bond motifs is 2. The number of amides is 2. The molecular weight excluding hydrogens is 571 g/mol. The third kappa shape index (κ3) is 7.91. The Morgan fingerprint density at radius 2 is 1.77 bits per heavy atom. The lowest BCUT2D eigenvalue weighted by molar-refractivity contribution is -0.147. The molecule has 2 amide bonds. The molecule has 1 spiro atoms. The largest absolute Gasteiger partial charge is 0.491 e. The van der Waals surface area contributed by atoms with Gasteiger partial charge in [-0.3, -0.25) is 9.59 Å². The molecule has 11 heteroatoms. The van der Waals surface area contributed by atoms with E-state index >= 15 is 0 Å². The molecule has 2 aromatic carbocycles. The fourth-order valence-electron chi connectivity index (χ4n) is 6.47. The summed E-state index contributed by atoms with van der Waals surface area (Å²) in [5.41, 5.74) is 1.54. The van der Waals surface area contributed by atoms with Crippen molar-refractivity contribution in [1.82, 2.24) is 25.1 Å². The normalized spacial score (nSPS) is 18.4. The number of aryl methyl sites for hydroxylation is 2. The number of alkyl halides is 3. The molecule has 1 aromatic heterocycles. The molecule has 2 aliphatic rings. The summed E-state index contributed by atoms with van der Waals surface area (Å²) in [7, 11) is 0. The fraction of sp³-hybridized carbons (Fsp3) is 0.545. The molecule has 1 fully saturated rings. The summed E-state index contributed by atoms with van der Waals surface area (Å²) in [6.07, 6.45) is 2.35. The van der Waals surface area contributed by atoms with Crippen LogP contribution in [-0.2, 0) is 28.7 Å². The number of carbonyl (C=O) groups is 2. The molecule has 5 rings (SSSR count). The minimum Gasteiger partial charge on any atom is -0.491 e. The SMILES string of the molecule is O=C(CCCn1c(C(F)(F)F)nc2ccccc21)NCCN1CCC2(CCCCCc3ccccc3OCCNC2=O)CC1. The van der Waals surface area contributed by atoms with E-state index in [-0.39, 0.29) is 42.1 Å². The lowest BCUT2D eigenvalue weighted by Gasteiger charge is -2.41. The lowest BCUT2D eigenvalue weighted by Crippen LogP contribution is -2.50. The Balaban J connectivity index is 1.05. The van der Waals surface area contributed by atoms with Crippen LogP contribution >= 0.6 is 0 Å². The van der Waals surface area contributed by atoms with Crippen LogP contribution in [0, 0.1) is 5.41 Å². The summed E-state index contributed by atoms with van der Waals surface area (Å²) in [5, 5.41) is 6.04. The number of imidazole rings is 1. The van der Waals surface area contributed by atoms with Crippen LogP contribution < -0.4 is 15.4 Å². The number of nitrogens with zero attached hydrogens (tertiary/aromatic N) is 3. The first-order valence-corrected chi connectivity index (χ1v) is 15.8. The zero-order valence-corrected chi connectivity index (χ0v) is 25.1. The Hall–Kier alpha value is -3.60. The Bertz CT molecular complexity index is 1420. The molecule has 2 N–H and O–H groups in total. The van der Waals surface area contributed by atoms with Crippen LogP contribution in [0.3, 0.4) is 0 Å². The van der Waals surface area contributed by atoms with Gasteiger partial charge in [-0.1, -0.05) is 43.2 Å². The Labute approximate surface area is 256 Å². The molecule has 0 unspecified atom stereocenters. The molecule has 0 aliphatic carbocycles. The summed E-state index contributed by atoms with van der Waals surface area (Å²) in [4.78, 5) is 31.9. The second kappa shape index (κ2) is 14.5. The maximum absolute atomic E-state index is 13.5. The molecule has 0 saturated carbocycles. The number of rotatable bonds is 7. The van der Waals surface area contributed by atoms with Crippen molar-refractivity contribution in [1.29, 1.82) is 0 Å². The van der Waals surface area contributed by atoms with E-state index in [0.717, 1.165) is 68.4 Å². The topological polar surface area (TPSA) is 88.5 Å². The van der Waals surface area contributed by atoms with E-state index in [9.17, 15) is 22.8 Å². The van der Waals surface area contributed by atoms with Gasteiger partial charge in [0.05, 0.1) is 23.0 Å². The molecule has 2 aliphatic heterocycles. The number of halogens is 3. The van der Waals surface area contributed by atoms with Crippen LogP contribution in [0.2, 0.25) is 0 Å². The summed E-state index contributed by atoms with van der Waals surface area (Å²) >= 11 is 0. The number of hydrogen-bond donors (Lipinski definition) is 2. The fourth-order valence-corrected chi connectivity index (χ4v) is 6.47. The van der Waals surface area contributed by atoms with E-state index in [1.807, 2.05) is 18.2 Å². The third-order valence-electron chi connectivity index (χ3n) is 8.96. The van der Waals surface area contributed by atoms with Gasteiger partial charge < -0.3 is 24.8 Å². The molecule has 0 radical (unpaired) electrons. The van der Waals surface area contributed by atoms with Crippen molar-refractivity contribution in [3.63, 3.8) is 0 Å². The highest BCUT2D eigenvalue weighted by atomic mass is 19.4. The highest BCUT2D eigenvalue weighted by Gasteiger charge is 2.40. The van der Waals surface area contributed by atoms with Crippen molar-refractivity contribution < 1.29 is 27.5 Å². The highest BCUT2D eigenvalue weighted by Crippen LogP contribution is 2.37. The smallest absolute Gasteiger partial charge is 0.449 e. The number of likely N-dealkylation sites (tertiary alicyclic amines) is 1. The molecule has 238 valence electrons. The Morgan fingerprint density at radius 3 is 2.59 bits per heavy atom. The molecule has 1 saturated heterocycles. The minimum absolute atomic E-state index is 0.0537. The van der Waals surface area contributed by atoms with Gasteiger partial charge in [-0.2, -0.15) is 13.2 Å². The first kappa shape index (κ1) is 31.8. The third-order valence-corrected chi connectivity index (χ3v) is 8.96. The summed E-state index contributed by atoms with van der Waals surface area (Å²) < 4.78 is 47.7. The molecule has 44 heavy (non-hydrogen) atoms.